The summed E-state index contributed by atoms with van der Waals surface area (Å²) in [7, 11) is 0. The molecule has 3 nitrogen and oxygen atoms in total. The SMILES string of the molecule is CCOC(=O)C(N)Cc1sccc1Br. The molecular formula is C9H12BrNO2S. The first kappa shape index (κ1) is 11.7. The van der Waals surface area contributed by atoms with Gasteiger partial charge in [-0.3, -0.25) is 4.79 Å². The van der Waals surface area contributed by atoms with Gasteiger partial charge in [0.1, 0.15) is 6.04 Å². The van der Waals surface area contributed by atoms with Crippen molar-refractivity contribution in [3.8, 4) is 0 Å². The van der Waals surface area contributed by atoms with Crippen LogP contribution in [0, 0.1) is 0 Å². The molecule has 1 heterocycles. The van der Waals surface area contributed by atoms with Gasteiger partial charge in [0.25, 0.3) is 0 Å². The summed E-state index contributed by atoms with van der Waals surface area (Å²) in [6.45, 7) is 2.14. The average molecular weight is 278 g/mol. The third kappa shape index (κ3) is 3.08. The first-order chi connectivity index (χ1) is 6.65. The Morgan fingerprint density at radius 3 is 3.00 bits per heavy atom. The Kier molecular flexibility index (Phi) is 4.57. The normalized spacial score (nSPS) is 12.5. The Morgan fingerprint density at radius 1 is 1.79 bits per heavy atom. The molecule has 1 atom stereocenters. The van der Waals surface area contributed by atoms with Crippen molar-refractivity contribution in [1.82, 2.24) is 0 Å². The van der Waals surface area contributed by atoms with Crippen molar-refractivity contribution >= 4 is 33.2 Å². The van der Waals surface area contributed by atoms with Crippen molar-refractivity contribution in [2.45, 2.75) is 19.4 Å². The number of ether oxygens (including phenoxy) is 1. The van der Waals surface area contributed by atoms with Crippen LogP contribution in [-0.2, 0) is 16.0 Å². The molecule has 0 aliphatic carbocycles. The molecule has 1 unspecified atom stereocenters. The predicted molar refractivity (Wildman–Crippen MR) is 60.3 cm³/mol. The first-order valence-electron chi connectivity index (χ1n) is 4.29. The number of thiophene rings is 1. The van der Waals surface area contributed by atoms with Crippen LogP contribution in [0.15, 0.2) is 15.9 Å². The number of esters is 1. The van der Waals surface area contributed by atoms with Crippen molar-refractivity contribution < 1.29 is 9.53 Å². The molecule has 0 bridgehead atoms. The van der Waals surface area contributed by atoms with E-state index >= 15 is 0 Å². The van der Waals surface area contributed by atoms with Gasteiger partial charge in [-0.1, -0.05) is 0 Å². The summed E-state index contributed by atoms with van der Waals surface area (Å²) in [5.74, 6) is -0.340. The summed E-state index contributed by atoms with van der Waals surface area (Å²) in [5.41, 5.74) is 5.67. The van der Waals surface area contributed by atoms with Crippen LogP contribution in [0.4, 0.5) is 0 Å². The van der Waals surface area contributed by atoms with Crippen molar-refractivity contribution in [2.75, 3.05) is 6.61 Å². The summed E-state index contributed by atoms with van der Waals surface area (Å²) in [5, 5.41) is 1.96. The first-order valence-corrected chi connectivity index (χ1v) is 5.96. The molecule has 0 amide bonds. The molecule has 0 saturated heterocycles. The lowest BCUT2D eigenvalue weighted by molar-refractivity contribution is -0.144. The van der Waals surface area contributed by atoms with E-state index in [9.17, 15) is 4.79 Å². The number of rotatable bonds is 4. The maximum Gasteiger partial charge on any atom is 0.323 e. The van der Waals surface area contributed by atoms with Crippen LogP contribution in [0.25, 0.3) is 0 Å². The molecular weight excluding hydrogens is 266 g/mol. The minimum Gasteiger partial charge on any atom is -0.465 e. The van der Waals surface area contributed by atoms with Gasteiger partial charge in [0.05, 0.1) is 6.61 Å². The maximum atomic E-state index is 11.2. The summed E-state index contributed by atoms with van der Waals surface area (Å²) < 4.78 is 5.82. The fourth-order valence-electron chi connectivity index (χ4n) is 1.00. The fraction of sp³-hybridized carbons (Fsp3) is 0.444. The summed E-state index contributed by atoms with van der Waals surface area (Å²) >= 11 is 4.96. The molecule has 78 valence electrons. The monoisotopic (exact) mass is 277 g/mol. The van der Waals surface area contributed by atoms with Crippen LogP contribution in [0.2, 0.25) is 0 Å². The van der Waals surface area contributed by atoms with E-state index in [-0.39, 0.29) is 5.97 Å². The molecule has 2 N–H and O–H groups in total. The van der Waals surface area contributed by atoms with Gasteiger partial charge in [-0.15, -0.1) is 11.3 Å². The van der Waals surface area contributed by atoms with Crippen LogP contribution in [0.3, 0.4) is 0 Å². The molecule has 1 aromatic rings. The highest BCUT2D eigenvalue weighted by Crippen LogP contribution is 2.23. The highest BCUT2D eigenvalue weighted by atomic mass is 79.9. The number of carbonyl (C=O) groups excluding carboxylic acids is 1. The van der Waals surface area contributed by atoms with Crippen molar-refractivity contribution in [2.24, 2.45) is 5.73 Å². The third-order valence-corrected chi connectivity index (χ3v) is 3.63. The van der Waals surface area contributed by atoms with Crippen LogP contribution in [0.5, 0.6) is 0 Å². The molecule has 1 aromatic heterocycles. The molecule has 14 heavy (non-hydrogen) atoms. The fourth-order valence-corrected chi connectivity index (χ4v) is 2.58. The van der Waals surface area contributed by atoms with E-state index in [1.54, 1.807) is 18.3 Å². The van der Waals surface area contributed by atoms with Gasteiger partial charge in [-0.2, -0.15) is 0 Å². The van der Waals surface area contributed by atoms with E-state index < -0.39 is 6.04 Å². The summed E-state index contributed by atoms with van der Waals surface area (Å²) in [6.07, 6.45) is 0.525. The van der Waals surface area contributed by atoms with Gasteiger partial charge >= 0.3 is 5.97 Å². The maximum absolute atomic E-state index is 11.2. The van der Waals surface area contributed by atoms with E-state index in [4.69, 9.17) is 10.5 Å². The lowest BCUT2D eigenvalue weighted by atomic mass is 10.2. The van der Waals surface area contributed by atoms with E-state index in [0.717, 1.165) is 9.35 Å². The molecule has 0 radical (unpaired) electrons. The Hall–Kier alpha value is -0.390. The second kappa shape index (κ2) is 5.48. The number of hydrogen-bond donors (Lipinski definition) is 1. The van der Waals surface area contributed by atoms with Crippen molar-refractivity contribution in [1.29, 1.82) is 0 Å². The largest absolute Gasteiger partial charge is 0.465 e. The minimum absolute atomic E-state index is 0.340. The Bertz CT molecular complexity index is 314. The molecule has 0 aromatic carbocycles. The van der Waals surface area contributed by atoms with E-state index in [0.29, 0.717) is 13.0 Å². The van der Waals surface area contributed by atoms with Gasteiger partial charge in [-0.05, 0) is 34.3 Å². The highest BCUT2D eigenvalue weighted by molar-refractivity contribution is 9.10. The molecule has 0 saturated carbocycles. The van der Waals surface area contributed by atoms with E-state index in [1.165, 1.54) is 0 Å². The number of carbonyl (C=O) groups is 1. The Labute approximate surface area is 95.4 Å². The number of hydrogen-bond acceptors (Lipinski definition) is 4. The Balaban J connectivity index is 2.52. The number of halogens is 1. The summed E-state index contributed by atoms with van der Waals surface area (Å²) in [6, 6.07) is 1.38. The zero-order valence-electron chi connectivity index (χ0n) is 7.83. The second-order valence-corrected chi connectivity index (χ2v) is 4.61. The van der Waals surface area contributed by atoms with Crippen molar-refractivity contribution in [3.05, 3.63) is 20.8 Å². The number of nitrogens with two attached hydrogens (primary N) is 1. The summed E-state index contributed by atoms with van der Waals surface area (Å²) in [4.78, 5) is 12.3. The molecule has 0 aliphatic rings. The Morgan fingerprint density at radius 2 is 2.50 bits per heavy atom. The smallest absolute Gasteiger partial charge is 0.323 e. The molecule has 5 heteroatoms. The van der Waals surface area contributed by atoms with E-state index in [1.807, 2.05) is 11.4 Å². The zero-order valence-corrected chi connectivity index (χ0v) is 10.2. The van der Waals surface area contributed by atoms with Crippen LogP contribution < -0.4 is 5.73 Å². The predicted octanol–water partition coefficient (Wildman–Crippen LogP) is 1.94. The topological polar surface area (TPSA) is 52.3 Å². The highest BCUT2D eigenvalue weighted by Gasteiger charge is 2.16. The molecule has 0 aliphatic heterocycles. The average Bonchev–Trinajstić information content (AvgIpc) is 2.52. The zero-order chi connectivity index (χ0) is 10.6. The van der Waals surface area contributed by atoms with Crippen LogP contribution in [-0.4, -0.2) is 18.6 Å². The van der Waals surface area contributed by atoms with Gasteiger partial charge in [0, 0.05) is 15.8 Å². The lowest BCUT2D eigenvalue weighted by Gasteiger charge is -2.09. The minimum atomic E-state index is -0.565. The van der Waals surface area contributed by atoms with E-state index in [2.05, 4.69) is 15.9 Å². The molecule has 0 spiro atoms. The quantitative estimate of drug-likeness (QED) is 0.856. The van der Waals surface area contributed by atoms with Crippen molar-refractivity contribution in [3.63, 3.8) is 0 Å². The van der Waals surface area contributed by atoms with Gasteiger partial charge in [0.15, 0.2) is 0 Å². The molecule has 0 fully saturated rings. The van der Waals surface area contributed by atoms with Gasteiger partial charge < -0.3 is 10.5 Å². The molecule has 1 rings (SSSR count). The van der Waals surface area contributed by atoms with Crippen LogP contribution >= 0.6 is 27.3 Å². The van der Waals surface area contributed by atoms with Crippen LogP contribution in [0.1, 0.15) is 11.8 Å². The van der Waals surface area contributed by atoms with Gasteiger partial charge in [-0.25, -0.2) is 0 Å². The van der Waals surface area contributed by atoms with Gasteiger partial charge in [0.2, 0.25) is 0 Å². The third-order valence-electron chi connectivity index (χ3n) is 1.69. The second-order valence-electron chi connectivity index (χ2n) is 2.75. The standard InChI is InChI=1S/C9H12BrNO2S/c1-2-13-9(12)7(11)5-8-6(10)3-4-14-8/h3-4,7H,2,5,11H2,1H3. The lowest BCUT2D eigenvalue weighted by Crippen LogP contribution is -2.34.